The standard InChI is InChI=1S/C19H25N3O6.3C2H6/c1-5-6-13(2)11-27-17-10-15(22(24)25)14(9-16(17)26-4)12-28-18-7-8-21(3)19(23)20-18;3*1-2/h7-10,13H,5-6,11-12H2,1-4H3;3*1-2H3. The molecular weight excluding hydrogens is 438 g/mol. The maximum absolute atomic E-state index is 11.6. The topological polar surface area (TPSA) is 106 Å². The largest absolute Gasteiger partial charge is 0.493 e. The molecule has 0 saturated heterocycles. The van der Waals surface area contributed by atoms with Crippen molar-refractivity contribution in [1.29, 1.82) is 0 Å². The molecule has 0 bridgehead atoms. The van der Waals surface area contributed by atoms with E-state index in [9.17, 15) is 14.9 Å². The van der Waals surface area contributed by atoms with Crippen LogP contribution in [-0.2, 0) is 13.7 Å². The second-order valence-electron chi connectivity index (χ2n) is 6.54. The lowest BCUT2D eigenvalue weighted by atomic mass is 10.1. The van der Waals surface area contributed by atoms with Crippen molar-refractivity contribution >= 4 is 5.69 Å². The second kappa shape index (κ2) is 19.4. The van der Waals surface area contributed by atoms with Crippen LogP contribution in [0.3, 0.4) is 0 Å². The highest BCUT2D eigenvalue weighted by atomic mass is 16.6. The van der Waals surface area contributed by atoms with Crippen molar-refractivity contribution < 1.29 is 19.1 Å². The molecule has 194 valence electrons. The first-order valence-electron chi connectivity index (χ1n) is 12.0. The van der Waals surface area contributed by atoms with Gasteiger partial charge in [-0.15, -0.1) is 0 Å². The molecule has 0 aliphatic heterocycles. The van der Waals surface area contributed by atoms with Crippen LogP contribution in [0.5, 0.6) is 17.4 Å². The normalized spacial score (nSPS) is 10.2. The van der Waals surface area contributed by atoms with Gasteiger partial charge in [-0.05, 0) is 18.4 Å². The molecule has 2 rings (SSSR count). The van der Waals surface area contributed by atoms with E-state index < -0.39 is 10.6 Å². The van der Waals surface area contributed by atoms with Crippen LogP contribution in [0, 0.1) is 16.0 Å². The minimum atomic E-state index is -0.502. The highest BCUT2D eigenvalue weighted by Crippen LogP contribution is 2.35. The molecule has 0 amide bonds. The van der Waals surface area contributed by atoms with E-state index in [1.165, 1.54) is 36.1 Å². The molecule has 34 heavy (non-hydrogen) atoms. The number of aryl methyl sites for hydroxylation is 1. The number of methoxy groups -OCH3 is 1. The van der Waals surface area contributed by atoms with Crippen molar-refractivity contribution in [2.24, 2.45) is 13.0 Å². The van der Waals surface area contributed by atoms with Crippen LogP contribution in [-0.4, -0.2) is 28.2 Å². The molecule has 0 saturated carbocycles. The summed E-state index contributed by atoms with van der Waals surface area (Å²) in [6.07, 6.45) is 3.54. The highest BCUT2D eigenvalue weighted by molar-refractivity contribution is 5.54. The number of nitrogens with zero attached hydrogens (tertiary/aromatic N) is 3. The van der Waals surface area contributed by atoms with Crippen molar-refractivity contribution in [3.63, 3.8) is 0 Å². The summed E-state index contributed by atoms with van der Waals surface area (Å²) in [6.45, 7) is 16.5. The van der Waals surface area contributed by atoms with Crippen LogP contribution in [0.4, 0.5) is 5.69 Å². The summed E-state index contributed by atoms with van der Waals surface area (Å²) in [5, 5.41) is 11.5. The zero-order chi connectivity index (χ0) is 26.7. The zero-order valence-electron chi connectivity index (χ0n) is 22.5. The van der Waals surface area contributed by atoms with Crippen LogP contribution >= 0.6 is 0 Å². The van der Waals surface area contributed by atoms with Gasteiger partial charge in [0.1, 0.15) is 6.61 Å². The number of nitro benzene ring substituents is 1. The number of benzene rings is 1. The fraction of sp³-hybridized carbons (Fsp3) is 0.600. The van der Waals surface area contributed by atoms with Gasteiger partial charge in [-0.2, -0.15) is 4.98 Å². The first-order valence-corrected chi connectivity index (χ1v) is 12.0. The van der Waals surface area contributed by atoms with E-state index in [4.69, 9.17) is 14.2 Å². The lowest BCUT2D eigenvalue weighted by molar-refractivity contribution is -0.385. The van der Waals surface area contributed by atoms with E-state index in [0.29, 0.717) is 29.6 Å². The van der Waals surface area contributed by atoms with E-state index in [1.54, 1.807) is 7.05 Å². The molecule has 1 unspecified atom stereocenters. The molecule has 0 fully saturated rings. The average molecular weight is 482 g/mol. The van der Waals surface area contributed by atoms with Crippen molar-refractivity contribution in [3.8, 4) is 17.4 Å². The van der Waals surface area contributed by atoms with E-state index in [-0.39, 0.29) is 18.2 Å². The molecule has 1 atom stereocenters. The quantitative estimate of drug-likeness (QED) is 0.295. The summed E-state index contributed by atoms with van der Waals surface area (Å²) in [7, 11) is 3.03. The Labute approximate surface area is 204 Å². The Morgan fingerprint density at radius 1 is 1.09 bits per heavy atom. The Morgan fingerprint density at radius 3 is 2.21 bits per heavy atom. The summed E-state index contributed by atoms with van der Waals surface area (Å²) < 4.78 is 17.8. The number of hydrogen-bond acceptors (Lipinski definition) is 7. The lowest BCUT2D eigenvalue weighted by Crippen LogP contribution is -2.19. The summed E-state index contributed by atoms with van der Waals surface area (Å²) in [5.41, 5.74) is -0.337. The summed E-state index contributed by atoms with van der Waals surface area (Å²) in [6, 6.07) is 4.36. The predicted octanol–water partition coefficient (Wildman–Crippen LogP) is 6.17. The predicted molar refractivity (Wildman–Crippen MR) is 137 cm³/mol. The highest BCUT2D eigenvalue weighted by Gasteiger charge is 2.21. The third-order valence-corrected chi connectivity index (χ3v) is 4.19. The van der Waals surface area contributed by atoms with Crippen molar-refractivity contribution in [2.45, 2.75) is 74.8 Å². The molecule has 0 radical (unpaired) electrons. The molecule has 0 spiro atoms. The fourth-order valence-corrected chi connectivity index (χ4v) is 2.64. The molecule has 2 aromatic rings. The fourth-order valence-electron chi connectivity index (χ4n) is 2.64. The molecule has 0 aliphatic rings. The molecule has 1 aromatic carbocycles. The monoisotopic (exact) mass is 481 g/mol. The second-order valence-corrected chi connectivity index (χ2v) is 6.54. The Bertz CT molecular complexity index is 883. The summed E-state index contributed by atoms with van der Waals surface area (Å²) in [4.78, 5) is 26.3. The third-order valence-electron chi connectivity index (χ3n) is 4.19. The Kier molecular flexibility index (Phi) is 18.8. The number of aromatic nitrogens is 2. The SMILES string of the molecule is CC.CC.CC.CCCC(C)COc1cc([N+](=O)[O-])c(COc2ccn(C)c(=O)n2)cc1OC. The van der Waals surface area contributed by atoms with Crippen molar-refractivity contribution in [2.75, 3.05) is 13.7 Å². The Morgan fingerprint density at radius 2 is 1.71 bits per heavy atom. The van der Waals surface area contributed by atoms with Gasteiger partial charge in [0, 0.05) is 19.3 Å². The first kappa shape index (κ1) is 33.1. The Balaban J connectivity index is 0. The first-order chi connectivity index (χ1) is 16.3. The third kappa shape index (κ3) is 11.2. The van der Waals surface area contributed by atoms with Gasteiger partial charge in [-0.25, -0.2) is 4.79 Å². The molecule has 1 heterocycles. The molecule has 9 heteroatoms. The van der Waals surface area contributed by atoms with Crippen LogP contribution in [0.1, 0.15) is 73.8 Å². The number of rotatable bonds is 10. The zero-order valence-corrected chi connectivity index (χ0v) is 22.5. The van der Waals surface area contributed by atoms with E-state index in [0.717, 1.165) is 12.8 Å². The number of ether oxygens (including phenoxy) is 3. The summed E-state index contributed by atoms with van der Waals surface area (Å²) in [5.74, 6) is 1.10. The van der Waals surface area contributed by atoms with Gasteiger partial charge in [-0.1, -0.05) is 61.8 Å². The van der Waals surface area contributed by atoms with Crippen LogP contribution in [0.25, 0.3) is 0 Å². The molecule has 9 nitrogen and oxygen atoms in total. The van der Waals surface area contributed by atoms with Gasteiger partial charge in [0.15, 0.2) is 11.5 Å². The van der Waals surface area contributed by atoms with Gasteiger partial charge in [0.2, 0.25) is 5.88 Å². The van der Waals surface area contributed by atoms with Crippen LogP contribution < -0.4 is 19.9 Å². The number of hydrogen-bond donors (Lipinski definition) is 0. The smallest absolute Gasteiger partial charge is 0.350 e. The van der Waals surface area contributed by atoms with Crippen LogP contribution in [0.2, 0.25) is 0 Å². The number of nitro groups is 1. The van der Waals surface area contributed by atoms with E-state index >= 15 is 0 Å². The summed E-state index contributed by atoms with van der Waals surface area (Å²) >= 11 is 0. The Hall–Kier alpha value is -3.10. The molecule has 0 N–H and O–H groups in total. The van der Waals surface area contributed by atoms with Gasteiger partial charge in [0.25, 0.3) is 5.69 Å². The van der Waals surface area contributed by atoms with E-state index in [2.05, 4.69) is 18.8 Å². The van der Waals surface area contributed by atoms with Gasteiger partial charge in [-0.3, -0.25) is 10.1 Å². The van der Waals surface area contributed by atoms with Gasteiger partial charge < -0.3 is 18.8 Å². The molecule has 1 aromatic heterocycles. The lowest BCUT2D eigenvalue weighted by Gasteiger charge is -2.16. The maximum Gasteiger partial charge on any atom is 0.350 e. The average Bonchev–Trinajstić information content (AvgIpc) is 2.87. The molecule has 0 aliphatic carbocycles. The van der Waals surface area contributed by atoms with Crippen molar-refractivity contribution in [1.82, 2.24) is 9.55 Å². The molecular formula is C25H43N3O6. The minimum absolute atomic E-state index is 0.0880. The van der Waals surface area contributed by atoms with E-state index in [1.807, 2.05) is 41.5 Å². The van der Waals surface area contributed by atoms with Crippen molar-refractivity contribution in [3.05, 3.63) is 50.6 Å². The minimum Gasteiger partial charge on any atom is -0.493 e. The van der Waals surface area contributed by atoms with Gasteiger partial charge >= 0.3 is 5.69 Å². The van der Waals surface area contributed by atoms with Gasteiger partial charge in [0.05, 0.1) is 30.3 Å². The van der Waals surface area contributed by atoms with Crippen LogP contribution in [0.15, 0.2) is 29.2 Å². The maximum atomic E-state index is 11.6.